The predicted molar refractivity (Wildman–Crippen MR) is 75.7 cm³/mol. The Balaban J connectivity index is 2.13. The van der Waals surface area contributed by atoms with Crippen LogP contribution in [0.25, 0.3) is 0 Å². The molecule has 1 aromatic heterocycles. The molecule has 0 aliphatic heterocycles. The maximum atomic E-state index is 13.1. The van der Waals surface area contributed by atoms with E-state index in [0.29, 0.717) is 22.4 Å². The molecule has 0 aliphatic rings. The normalized spacial score (nSPS) is 10.4. The third-order valence-electron chi connectivity index (χ3n) is 2.21. The average Bonchev–Trinajstić information content (AvgIpc) is 2.29. The fraction of sp³-hybridized carbons (Fsp3) is 0.0833. The predicted octanol–water partition coefficient (Wildman–Crippen LogP) is 4.90. The van der Waals surface area contributed by atoms with Gasteiger partial charge in [0.25, 0.3) is 0 Å². The summed E-state index contributed by atoms with van der Waals surface area (Å²) in [6.07, 6.45) is 1.60. The molecule has 18 heavy (non-hydrogen) atoms. The highest BCUT2D eigenvalue weighted by atomic mass is 79.9. The van der Waals surface area contributed by atoms with Gasteiger partial charge in [0.05, 0.1) is 5.69 Å². The molecular formula is C12H8BrCl2FN2. The summed E-state index contributed by atoms with van der Waals surface area (Å²) in [7, 11) is 0. The first kappa shape index (κ1) is 13.6. The van der Waals surface area contributed by atoms with Crippen LogP contribution < -0.4 is 5.32 Å². The Morgan fingerprint density at radius 3 is 2.72 bits per heavy atom. The molecule has 0 saturated heterocycles. The molecule has 0 radical (unpaired) electrons. The zero-order chi connectivity index (χ0) is 13.1. The third-order valence-corrected chi connectivity index (χ3v) is 3.16. The largest absolute Gasteiger partial charge is 0.378 e. The van der Waals surface area contributed by atoms with Crippen molar-refractivity contribution in [2.45, 2.75) is 6.54 Å². The van der Waals surface area contributed by atoms with Crippen LogP contribution in [0.5, 0.6) is 0 Å². The van der Waals surface area contributed by atoms with Crippen molar-refractivity contribution in [2.75, 3.05) is 5.32 Å². The van der Waals surface area contributed by atoms with Gasteiger partial charge in [0, 0.05) is 22.2 Å². The molecule has 2 aromatic rings. The van der Waals surface area contributed by atoms with Crippen LogP contribution in [0.2, 0.25) is 10.2 Å². The van der Waals surface area contributed by atoms with Gasteiger partial charge in [-0.05, 0) is 45.8 Å². The van der Waals surface area contributed by atoms with Crippen molar-refractivity contribution >= 4 is 44.8 Å². The van der Waals surface area contributed by atoms with E-state index >= 15 is 0 Å². The summed E-state index contributed by atoms with van der Waals surface area (Å²) >= 11 is 15.0. The molecule has 94 valence electrons. The topological polar surface area (TPSA) is 24.9 Å². The maximum Gasteiger partial charge on any atom is 0.152 e. The van der Waals surface area contributed by atoms with Gasteiger partial charge >= 0.3 is 0 Å². The number of benzene rings is 1. The molecule has 1 heterocycles. The number of rotatable bonds is 3. The molecule has 6 heteroatoms. The van der Waals surface area contributed by atoms with Crippen LogP contribution in [-0.2, 0) is 6.54 Å². The molecule has 0 spiro atoms. The minimum atomic E-state index is -0.363. The highest BCUT2D eigenvalue weighted by Gasteiger charge is 2.04. The Kier molecular flexibility index (Phi) is 4.43. The molecular weight excluding hydrogens is 342 g/mol. The molecule has 0 amide bonds. The van der Waals surface area contributed by atoms with Gasteiger partial charge in [-0.3, -0.25) is 0 Å². The van der Waals surface area contributed by atoms with E-state index in [1.807, 2.05) is 0 Å². The van der Waals surface area contributed by atoms with Crippen molar-refractivity contribution in [3.05, 3.63) is 56.5 Å². The number of aromatic nitrogens is 1. The van der Waals surface area contributed by atoms with E-state index in [4.69, 9.17) is 23.2 Å². The summed E-state index contributed by atoms with van der Waals surface area (Å²) in [5.74, 6) is -0.363. The standard InChI is InChI=1S/C12H8BrCl2FN2/c13-8-3-11(12(15)18-6-8)17-5-7-1-9(14)4-10(16)2-7/h1-4,6,17H,5H2. The van der Waals surface area contributed by atoms with Gasteiger partial charge in [0.1, 0.15) is 5.82 Å². The number of pyridine rings is 1. The molecule has 0 fully saturated rings. The van der Waals surface area contributed by atoms with Crippen molar-refractivity contribution in [2.24, 2.45) is 0 Å². The fourth-order valence-corrected chi connectivity index (χ4v) is 2.20. The average molecular weight is 350 g/mol. The van der Waals surface area contributed by atoms with Gasteiger partial charge < -0.3 is 5.32 Å². The van der Waals surface area contributed by atoms with Crippen LogP contribution in [0.1, 0.15) is 5.56 Å². The first-order chi connectivity index (χ1) is 8.54. The Bertz CT molecular complexity index is 558. The molecule has 0 bridgehead atoms. The third kappa shape index (κ3) is 3.57. The lowest BCUT2D eigenvalue weighted by Gasteiger charge is -2.08. The van der Waals surface area contributed by atoms with Gasteiger partial charge in [0.2, 0.25) is 0 Å². The summed E-state index contributed by atoms with van der Waals surface area (Å²) in [5, 5.41) is 3.80. The van der Waals surface area contributed by atoms with Gasteiger partial charge in [-0.1, -0.05) is 23.2 Å². The van der Waals surface area contributed by atoms with E-state index in [0.717, 1.165) is 10.0 Å². The van der Waals surface area contributed by atoms with Crippen molar-refractivity contribution < 1.29 is 4.39 Å². The lowest BCUT2D eigenvalue weighted by molar-refractivity contribution is 0.626. The highest BCUT2D eigenvalue weighted by molar-refractivity contribution is 9.10. The quantitative estimate of drug-likeness (QED) is 0.797. The molecule has 2 nitrogen and oxygen atoms in total. The molecule has 1 aromatic carbocycles. The summed E-state index contributed by atoms with van der Waals surface area (Å²) in [5.41, 5.74) is 1.41. The Labute approximate surface area is 122 Å². The number of hydrogen-bond donors (Lipinski definition) is 1. The first-order valence-corrected chi connectivity index (χ1v) is 6.59. The second kappa shape index (κ2) is 5.87. The highest BCUT2D eigenvalue weighted by Crippen LogP contribution is 2.24. The molecule has 0 aliphatic carbocycles. The van der Waals surface area contributed by atoms with Gasteiger partial charge in [-0.15, -0.1) is 0 Å². The minimum absolute atomic E-state index is 0.362. The first-order valence-electron chi connectivity index (χ1n) is 5.04. The lowest BCUT2D eigenvalue weighted by atomic mass is 10.2. The molecule has 0 saturated carbocycles. The van der Waals surface area contributed by atoms with Gasteiger partial charge in [0.15, 0.2) is 5.15 Å². The molecule has 1 N–H and O–H groups in total. The van der Waals surface area contributed by atoms with E-state index in [9.17, 15) is 4.39 Å². The van der Waals surface area contributed by atoms with Gasteiger partial charge in [-0.2, -0.15) is 0 Å². The lowest BCUT2D eigenvalue weighted by Crippen LogP contribution is -2.01. The molecule has 0 unspecified atom stereocenters. The van der Waals surface area contributed by atoms with E-state index in [2.05, 4.69) is 26.2 Å². The number of nitrogens with zero attached hydrogens (tertiary/aromatic N) is 1. The number of halogens is 4. The summed E-state index contributed by atoms with van der Waals surface area (Å²) in [6.45, 7) is 0.412. The van der Waals surface area contributed by atoms with Crippen LogP contribution in [0.15, 0.2) is 34.9 Å². The van der Waals surface area contributed by atoms with Gasteiger partial charge in [-0.25, -0.2) is 9.37 Å². The Morgan fingerprint density at radius 2 is 2.00 bits per heavy atom. The zero-order valence-electron chi connectivity index (χ0n) is 9.05. The summed E-state index contributed by atoms with van der Waals surface area (Å²) in [4.78, 5) is 3.98. The molecule has 0 atom stereocenters. The molecule has 2 rings (SSSR count). The van der Waals surface area contributed by atoms with Crippen LogP contribution in [-0.4, -0.2) is 4.98 Å². The second-order valence-corrected chi connectivity index (χ2v) is 5.33. The minimum Gasteiger partial charge on any atom is -0.378 e. The smallest absolute Gasteiger partial charge is 0.152 e. The SMILES string of the molecule is Fc1cc(Cl)cc(CNc2cc(Br)cnc2Cl)c1. The zero-order valence-corrected chi connectivity index (χ0v) is 12.2. The summed E-state index contributed by atoms with van der Waals surface area (Å²) < 4.78 is 14.0. The number of nitrogens with one attached hydrogen (secondary N) is 1. The Morgan fingerprint density at radius 1 is 1.22 bits per heavy atom. The van der Waals surface area contributed by atoms with Crippen molar-refractivity contribution in [3.8, 4) is 0 Å². The van der Waals surface area contributed by atoms with E-state index in [1.165, 1.54) is 12.1 Å². The van der Waals surface area contributed by atoms with Crippen molar-refractivity contribution in [3.63, 3.8) is 0 Å². The van der Waals surface area contributed by atoms with Crippen LogP contribution in [0.3, 0.4) is 0 Å². The van der Waals surface area contributed by atoms with E-state index in [1.54, 1.807) is 18.3 Å². The second-order valence-electron chi connectivity index (χ2n) is 3.62. The van der Waals surface area contributed by atoms with Crippen molar-refractivity contribution in [1.82, 2.24) is 4.98 Å². The maximum absolute atomic E-state index is 13.1. The number of anilines is 1. The fourth-order valence-electron chi connectivity index (χ4n) is 1.46. The van der Waals surface area contributed by atoms with E-state index < -0.39 is 0 Å². The Hall–Kier alpha value is -0.840. The number of hydrogen-bond acceptors (Lipinski definition) is 2. The summed E-state index contributed by atoms with van der Waals surface area (Å²) in [6, 6.07) is 6.17. The monoisotopic (exact) mass is 348 g/mol. The van der Waals surface area contributed by atoms with Crippen LogP contribution in [0, 0.1) is 5.82 Å². The van der Waals surface area contributed by atoms with Crippen LogP contribution in [0.4, 0.5) is 10.1 Å². The van der Waals surface area contributed by atoms with Crippen molar-refractivity contribution in [1.29, 1.82) is 0 Å². The van der Waals surface area contributed by atoms with Crippen LogP contribution >= 0.6 is 39.1 Å². The van der Waals surface area contributed by atoms with E-state index in [-0.39, 0.29) is 5.82 Å².